The maximum absolute atomic E-state index is 12.6. The van der Waals surface area contributed by atoms with E-state index in [2.05, 4.69) is 25.4 Å². The molecule has 176 valence electrons. The van der Waals surface area contributed by atoms with Crippen molar-refractivity contribution in [1.29, 1.82) is 0 Å². The van der Waals surface area contributed by atoms with Crippen molar-refractivity contribution in [3.05, 3.63) is 81.8 Å². The standard InChI is InChI=1S/C25H22N6O3S/c1-15-22(16-8-10-18(34-2)11-9-16)30-25(35-15)29-21(32)13-12-20-27-23-19(24(33)28-20)14-26-31(23)17-6-4-3-5-7-17/h3-11,14H,12-13H2,1-2H3,(H,27,28,33)(H,29,30,32). The summed E-state index contributed by atoms with van der Waals surface area (Å²) in [7, 11) is 1.62. The van der Waals surface area contributed by atoms with Crippen LogP contribution in [0.25, 0.3) is 28.0 Å². The fourth-order valence-corrected chi connectivity index (χ4v) is 4.57. The minimum Gasteiger partial charge on any atom is -0.497 e. The summed E-state index contributed by atoms with van der Waals surface area (Å²) in [6.45, 7) is 1.96. The Labute approximate surface area is 204 Å². The molecule has 0 aliphatic rings. The molecule has 0 aliphatic heterocycles. The maximum Gasteiger partial charge on any atom is 0.262 e. The number of carbonyl (C=O) groups is 1. The number of rotatable bonds is 7. The number of carbonyl (C=O) groups excluding carboxylic acids is 1. The molecular weight excluding hydrogens is 464 g/mol. The number of aryl methyl sites for hydroxylation is 2. The van der Waals surface area contributed by atoms with Crippen molar-refractivity contribution in [2.45, 2.75) is 19.8 Å². The summed E-state index contributed by atoms with van der Waals surface area (Å²) < 4.78 is 6.82. The summed E-state index contributed by atoms with van der Waals surface area (Å²) in [6, 6.07) is 17.1. The van der Waals surface area contributed by atoms with Crippen LogP contribution >= 0.6 is 11.3 Å². The van der Waals surface area contributed by atoms with Crippen molar-refractivity contribution in [3.63, 3.8) is 0 Å². The van der Waals surface area contributed by atoms with E-state index in [1.54, 1.807) is 11.8 Å². The highest BCUT2D eigenvalue weighted by Gasteiger charge is 2.15. The molecule has 3 aromatic heterocycles. The van der Waals surface area contributed by atoms with Gasteiger partial charge in [-0.2, -0.15) is 5.10 Å². The number of benzene rings is 2. The lowest BCUT2D eigenvalue weighted by Crippen LogP contribution is -2.16. The van der Waals surface area contributed by atoms with Gasteiger partial charge >= 0.3 is 0 Å². The van der Waals surface area contributed by atoms with Crippen LogP contribution in [-0.4, -0.2) is 37.7 Å². The van der Waals surface area contributed by atoms with Gasteiger partial charge in [-0.15, -0.1) is 11.3 Å². The number of H-pyrrole nitrogens is 1. The minimum atomic E-state index is -0.285. The van der Waals surface area contributed by atoms with Crippen molar-refractivity contribution in [1.82, 2.24) is 24.7 Å². The lowest BCUT2D eigenvalue weighted by atomic mass is 10.1. The van der Waals surface area contributed by atoms with Crippen LogP contribution in [0, 0.1) is 6.92 Å². The number of methoxy groups -OCH3 is 1. The Morgan fingerprint density at radius 2 is 1.89 bits per heavy atom. The Hall–Kier alpha value is -4.31. The van der Waals surface area contributed by atoms with E-state index in [4.69, 9.17) is 4.74 Å². The van der Waals surface area contributed by atoms with Gasteiger partial charge in [-0.1, -0.05) is 18.2 Å². The van der Waals surface area contributed by atoms with Crippen molar-refractivity contribution in [2.24, 2.45) is 0 Å². The molecule has 0 aliphatic carbocycles. The van der Waals surface area contributed by atoms with Crippen molar-refractivity contribution >= 4 is 33.4 Å². The van der Waals surface area contributed by atoms with Gasteiger partial charge in [-0.25, -0.2) is 14.6 Å². The lowest BCUT2D eigenvalue weighted by Gasteiger charge is -2.05. The number of aromatic amines is 1. The molecule has 10 heteroatoms. The highest BCUT2D eigenvalue weighted by atomic mass is 32.1. The number of hydrogen-bond donors (Lipinski definition) is 2. The van der Waals surface area contributed by atoms with Crippen LogP contribution in [0.15, 0.2) is 65.6 Å². The molecule has 0 fully saturated rings. The quantitative estimate of drug-likeness (QED) is 0.358. The molecule has 9 nitrogen and oxygen atoms in total. The molecule has 0 saturated heterocycles. The molecular formula is C25H22N6O3S. The average Bonchev–Trinajstić information content (AvgIpc) is 3.47. The van der Waals surface area contributed by atoms with Gasteiger partial charge in [0, 0.05) is 23.3 Å². The van der Waals surface area contributed by atoms with Gasteiger partial charge in [0.15, 0.2) is 10.8 Å². The molecule has 0 atom stereocenters. The predicted molar refractivity (Wildman–Crippen MR) is 135 cm³/mol. The molecule has 0 bridgehead atoms. The molecule has 35 heavy (non-hydrogen) atoms. The summed E-state index contributed by atoms with van der Waals surface area (Å²) in [6.07, 6.45) is 1.91. The summed E-state index contributed by atoms with van der Waals surface area (Å²) in [5.41, 5.74) is 2.74. The SMILES string of the molecule is COc1ccc(-c2nc(NC(=O)CCc3nc4c(cnn4-c4ccccc4)c(=O)[nH]3)sc2C)cc1. The van der Waals surface area contributed by atoms with Crippen LogP contribution in [0.2, 0.25) is 0 Å². The van der Waals surface area contributed by atoms with Crippen LogP contribution in [0.4, 0.5) is 5.13 Å². The molecule has 5 aromatic rings. The molecule has 0 radical (unpaired) electrons. The van der Waals surface area contributed by atoms with Crippen molar-refractivity contribution < 1.29 is 9.53 Å². The first-order valence-electron chi connectivity index (χ1n) is 11.0. The maximum atomic E-state index is 12.6. The largest absolute Gasteiger partial charge is 0.497 e. The highest BCUT2D eigenvalue weighted by molar-refractivity contribution is 7.16. The fourth-order valence-electron chi connectivity index (χ4n) is 3.72. The van der Waals surface area contributed by atoms with Gasteiger partial charge in [-0.05, 0) is 43.3 Å². The summed E-state index contributed by atoms with van der Waals surface area (Å²) >= 11 is 1.41. The lowest BCUT2D eigenvalue weighted by molar-refractivity contribution is -0.116. The zero-order valence-corrected chi connectivity index (χ0v) is 19.9. The topological polar surface area (TPSA) is 115 Å². The monoisotopic (exact) mass is 486 g/mol. The Morgan fingerprint density at radius 3 is 2.63 bits per heavy atom. The number of nitrogens with one attached hydrogen (secondary N) is 2. The van der Waals surface area contributed by atoms with E-state index in [1.807, 2.05) is 61.5 Å². The first-order valence-corrected chi connectivity index (χ1v) is 11.8. The van der Waals surface area contributed by atoms with Crippen LogP contribution in [0.5, 0.6) is 5.75 Å². The number of aromatic nitrogens is 5. The zero-order chi connectivity index (χ0) is 24.4. The first kappa shape index (κ1) is 22.5. The van der Waals surface area contributed by atoms with Crippen molar-refractivity contribution in [3.8, 4) is 22.7 Å². The smallest absolute Gasteiger partial charge is 0.262 e. The second-order valence-corrected chi connectivity index (χ2v) is 9.05. The molecule has 0 unspecified atom stereocenters. The molecule has 1 amide bonds. The molecule has 0 saturated carbocycles. The van der Waals surface area contributed by atoms with Gasteiger partial charge in [0.2, 0.25) is 5.91 Å². The molecule has 5 rings (SSSR count). The number of nitrogens with zero attached hydrogens (tertiary/aromatic N) is 4. The third kappa shape index (κ3) is 4.69. The summed E-state index contributed by atoms with van der Waals surface area (Å²) in [5, 5.41) is 8.08. The normalized spacial score (nSPS) is 11.0. The van der Waals surface area contributed by atoms with E-state index < -0.39 is 0 Å². The number of thiazole rings is 1. The number of anilines is 1. The number of para-hydroxylation sites is 1. The third-order valence-electron chi connectivity index (χ3n) is 5.48. The van der Waals surface area contributed by atoms with Crippen LogP contribution in [0.3, 0.4) is 0 Å². The summed E-state index contributed by atoms with van der Waals surface area (Å²) in [5.74, 6) is 0.982. The van der Waals surface area contributed by atoms with E-state index in [-0.39, 0.29) is 24.3 Å². The number of hydrogen-bond acceptors (Lipinski definition) is 7. The van der Waals surface area contributed by atoms with Crippen LogP contribution in [-0.2, 0) is 11.2 Å². The second kappa shape index (κ2) is 9.51. The van der Waals surface area contributed by atoms with E-state index in [9.17, 15) is 9.59 Å². The van der Waals surface area contributed by atoms with Gasteiger partial charge in [0.25, 0.3) is 5.56 Å². The van der Waals surface area contributed by atoms with Gasteiger partial charge in [0.1, 0.15) is 17.0 Å². The van der Waals surface area contributed by atoms with Crippen LogP contribution < -0.4 is 15.6 Å². The van der Waals surface area contributed by atoms with E-state index in [1.165, 1.54) is 17.5 Å². The average molecular weight is 487 g/mol. The first-order chi connectivity index (χ1) is 17.0. The molecule has 2 N–H and O–H groups in total. The van der Waals surface area contributed by atoms with E-state index in [0.717, 1.165) is 27.6 Å². The fraction of sp³-hybridized carbons (Fsp3) is 0.160. The summed E-state index contributed by atoms with van der Waals surface area (Å²) in [4.78, 5) is 38.0. The van der Waals surface area contributed by atoms with Gasteiger partial charge in [-0.3, -0.25) is 9.59 Å². The Balaban J connectivity index is 1.29. The number of fused-ring (bicyclic) bond motifs is 1. The Bertz CT molecular complexity index is 1550. The van der Waals surface area contributed by atoms with E-state index in [0.29, 0.717) is 22.0 Å². The van der Waals surface area contributed by atoms with Gasteiger partial charge in [0.05, 0.1) is 24.7 Å². The molecule has 3 heterocycles. The number of ether oxygens (including phenoxy) is 1. The number of amides is 1. The Morgan fingerprint density at radius 1 is 1.11 bits per heavy atom. The molecule has 0 spiro atoms. The predicted octanol–water partition coefficient (Wildman–Crippen LogP) is 4.12. The van der Waals surface area contributed by atoms with E-state index >= 15 is 0 Å². The Kier molecular flexibility index (Phi) is 6.11. The minimum absolute atomic E-state index is 0.143. The third-order valence-corrected chi connectivity index (χ3v) is 6.37. The van der Waals surface area contributed by atoms with Crippen LogP contribution in [0.1, 0.15) is 17.1 Å². The highest BCUT2D eigenvalue weighted by Crippen LogP contribution is 2.31. The van der Waals surface area contributed by atoms with Gasteiger partial charge < -0.3 is 15.0 Å². The zero-order valence-electron chi connectivity index (χ0n) is 19.1. The second-order valence-electron chi connectivity index (χ2n) is 7.84. The van der Waals surface area contributed by atoms with Crippen molar-refractivity contribution in [2.75, 3.05) is 12.4 Å². The molecule has 2 aromatic carbocycles.